The van der Waals surface area contributed by atoms with E-state index in [-0.39, 0.29) is 17.9 Å². The molecule has 1 aliphatic rings. The number of carbonyl (C=O) groups is 2. The molecule has 2 heterocycles. The van der Waals surface area contributed by atoms with E-state index in [1.165, 1.54) is 30.5 Å². The Balaban J connectivity index is 1.80. The van der Waals surface area contributed by atoms with Crippen molar-refractivity contribution in [3.8, 4) is 11.5 Å². The highest BCUT2D eigenvalue weighted by molar-refractivity contribution is 5.93. The van der Waals surface area contributed by atoms with Crippen LogP contribution in [-0.4, -0.2) is 35.1 Å². The summed E-state index contributed by atoms with van der Waals surface area (Å²) in [4.78, 5) is 31.1. The average molecular weight is 373 g/mol. The van der Waals surface area contributed by atoms with Crippen molar-refractivity contribution in [3.63, 3.8) is 0 Å². The summed E-state index contributed by atoms with van der Waals surface area (Å²) >= 11 is 0. The highest BCUT2D eigenvalue weighted by atomic mass is 19.1. The van der Waals surface area contributed by atoms with Crippen molar-refractivity contribution in [2.75, 3.05) is 7.11 Å². The number of hydrogen-bond donors (Lipinski definition) is 1. The van der Waals surface area contributed by atoms with E-state index in [1.54, 1.807) is 0 Å². The van der Waals surface area contributed by atoms with Crippen LogP contribution >= 0.6 is 0 Å². The van der Waals surface area contributed by atoms with E-state index in [4.69, 9.17) is 10.2 Å². The zero-order chi connectivity index (χ0) is 19.3. The van der Waals surface area contributed by atoms with Crippen LogP contribution in [0, 0.1) is 5.82 Å². The van der Waals surface area contributed by atoms with Gasteiger partial charge in [-0.15, -0.1) is 0 Å². The number of aromatic nitrogens is 2. The van der Waals surface area contributed by atoms with Gasteiger partial charge in [0.15, 0.2) is 17.1 Å². The molecule has 2 atom stereocenters. The van der Waals surface area contributed by atoms with Gasteiger partial charge in [-0.3, -0.25) is 4.79 Å². The van der Waals surface area contributed by atoms with E-state index >= 15 is 0 Å². The third kappa shape index (κ3) is 2.46. The van der Waals surface area contributed by atoms with Gasteiger partial charge in [-0.25, -0.2) is 23.5 Å². The number of carbonyl (C=O) groups excluding carboxylic acids is 2. The Kier molecular flexibility index (Phi) is 3.69. The summed E-state index contributed by atoms with van der Waals surface area (Å²) in [6.07, 6.45) is -0.107. The number of oxazole rings is 1. The molecule has 2 aromatic heterocycles. The number of halogens is 2. The first-order chi connectivity index (χ1) is 12.9. The van der Waals surface area contributed by atoms with Crippen LogP contribution in [0.1, 0.15) is 22.5 Å². The summed E-state index contributed by atoms with van der Waals surface area (Å²) in [6, 6.07) is 5.84. The number of esters is 1. The van der Waals surface area contributed by atoms with Gasteiger partial charge < -0.3 is 14.9 Å². The molecule has 27 heavy (non-hydrogen) atoms. The Morgan fingerprint density at radius 2 is 2.11 bits per heavy atom. The zero-order valence-electron chi connectivity index (χ0n) is 14.0. The van der Waals surface area contributed by atoms with Crippen molar-refractivity contribution in [1.82, 2.24) is 9.97 Å². The Morgan fingerprint density at radius 1 is 1.37 bits per heavy atom. The van der Waals surface area contributed by atoms with E-state index in [2.05, 4.69) is 14.7 Å². The molecule has 2 N–H and O–H groups in total. The van der Waals surface area contributed by atoms with Crippen LogP contribution in [-0.2, 0) is 14.9 Å². The number of alkyl halides is 1. The van der Waals surface area contributed by atoms with Crippen molar-refractivity contribution in [1.29, 1.82) is 0 Å². The maximum Gasteiger partial charge on any atom is 0.359 e. The predicted molar refractivity (Wildman–Crippen MR) is 88.9 cm³/mol. The lowest BCUT2D eigenvalue weighted by atomic mass is 9.95. The fourth-order valence-corrected chi connectivity index (χ4v) is 3.09. The molecule has 3 aromatic rings. The molecule has 0 bridgehead atoms. The van der Waals surface area contributed by atoms with Gasteiger partial charge in [0.05, 0.1) is 12.7 Å². The monoisotopic (exact) mass is 373 g/mol. The second-order valence-electron chi connectivity index (χ2n) is 6.22. The number of pyridine rings is 1. The summed E-state index contributed by atoms with van der Waals surface area (Å²) in [6.45, 7) is 0. The Labute approximate surface area is 151 Å². The topological polar surface area (TPSA) is 108 Å². The van der Waals surface area contributed by atoms with E-state index in [0.717, 1.165) is 7.11 Å². The minimum atomic E-state index is -1.35. The summed E-state index contributed by atoms with van der Waals surface area (Å²) in [5.41, 5.74) is 4.42. The van der Waals surface area contributed by atoms with Crippen molar-refractivity contribution < 1.29 is 27.5 Å². The van der Waals surface area contributed by atoms with Crippen molar-refractivity contribution >= 4 is 23.0 Å². The van der Waals surface area contributed by atoms with E-state index in [9.17, 15) is 18.4 Å². The summed E-state index contributed by atoms with van der Waals surface area (Å²) in [5, 5.41) is 0. The molecule has 1 saturated carbocycles. The maximum absolute atomic E-state index is 14.6. The molecule has 0 spiro atoms. The number of fused-ring (bicyclic) bond motifs is 1. The second-order valence-corrected chi connectivity index (χ2v) is 6.22. The first-order valence-electron chi connectivity index (χ1n) is 7.96. The Bertz CT molecular complexity index is 1100. The number of rotatable bonds is 4. The number of methoxy groups -OCH3 is 1. The highest BCUT2D eigenvalue weighted by Crippen LogP contribution is 2.51. The normalized spacial score (nSPS) is 21.2. The van der Waals surface area contributed by atoms with Crippen molar-refractivity contribution in [2.45, 2.75) is 18.0 Å². The second kappa shape index (κ2) is 5.83. The summed E-state index contributed by atoms with van der Waals surface area (Å²) < 4.78 is 38.4. The number of primary amides is 1. The zero-order valence-corrected chi connectivity index (χ0v) is 14.0. The first-order valence-corrected chi connectivity index (χ1v) is 7.96. The molecule has 0 unspecified atom stereocenters. The molecule has 138 valence electrons. The fourth-order valence-electron chi connectivity index (χ4n) is 3.09. The van der Waals surface area contributed by atoms with Crippen LogP contribution in [0.2, 0.25) is 0 Å². The fraction of sp³-hybridized carbons (Fsp3) is 0.222. The number of hydrogen-bond acceptors (Lipinski definition) is 6. The van der Waals surface area contributed by atoms with Gasteiger partial charge in [-0.1, -0.05) is 6.07 Å². The molecule has 1 amide bonds. The Morgan fingerprint density at radius 3 is 2.74 bits per heavy atom. The van der Waals surface area contributed by atoms with Crippen LogP contribution in [0.5, 0.6) is 0 Å². The molecule has 7 nitrogen and oxygen atoms in total. The Hall–Kier alpha value is -3.36. The molecular weight excluding hydrogens is 360 g/mol. The van der Waals surface area contributed by atoms with Crippen molar-refractivity contribution in [3.05, 3.63) is 47.5 Å². The number of amides is 1. The van der Waals surface area contributed by atoms with Crippen LogP contribution in [0.15, 0.2) is 34.9 Å². The maximum atomic E-state index is 14.6. The van der Waals surface area contributed by atoms with Crippen LogP contribution in [0.3, 0.4) is 0 Å². The molecule has 0 aliphatic heterocycles. The summed E-state index contributed by atoms with van der Waals surface area (Å²) in [5.74, 6) is -2.71. The van der Waals surface area contributed by atoms with Gasteiger partial charge in [0.2, 0.25) is 11.8 Å². The minimum Gasteiger partial charge on any atom is -0.464 e. The standard InChI is InChI=1S/C18H13F2N3O4/c1-26-16(24)14-13(20)9(4-5-22-14)15-23-10-6-8(2-3-11(10)27-15)18(17(21)25)7-12(18)19/h2-6,12H,7H2,1H3,(H2,21,25)/t12-,18+/m0/s1. The van der Waals surface area contributed by atoms with E-state index in [1.807, 2.05) is 0 Å². The third-order valence-corrected chi connectivity index (χ3v) is 4.72. The van der Waals surface area contributed by atoms with Gasteiger partial charge in [-0.05, 0) is 23.8 Å². The van der Waals surface area contributed by atoms with E-state index < -0.39 is 35.0 Å². The average Bonchev–Trinajstić information content (AvgIpc) is 3.17. The molecule has 1 aliphatic carbocycles. The molecule has 4 rings (SSSR count). The van der Waals surface area contributed by atoms with E-state index in [0.29, 0.717) is 16.7 Å². The van der Waals surface area contributed by atoms with Crippen LogP contribution in [0.4, 0.5) is 8.78 Å². The lowest BCUT2D eigenvalue weighted by Gasteiger charge is -2.10. The molecule has 9 heteroatoms. The summed E-state index contributed by atoms with van der Waals surface area (Å²) in [7, 11) is 1.11. The lowest BCUT2D eigenvalue weighted by Crippen LogP contribution is -2.30. The van der Waals surface area contributed by atoms with Gasteiger partial charge >= 0.3 is 5.97 Å². The molecule has 0 saturated heterocycles. The molecule has 1 fully saturated rings. The number of ether oxygens (including phenoxy) is 1. The van der Waals surface area contributed by atoms with Gasteiger partial charge in [0.25, 0.3) is 0 Å². The molecular formula is C18H13F2N3O4. The predicted octanol–water partition coefficient (Wildman–Crippen LogP) is 2.28. The quantitative estimate of drug-likeness (QED) is 0.703. The number of nitrogens with zero attached hydrogens (tertiary/aromatic N) is 2. The minimum absolute atomic E-state index is 0.0139. The van der Waals surface area contributed by atoms with Gasteiger partial charge in [-0.2, -0.15) is 0 Å². The van der Waals surface area contributed by atoms with Crippen LogP contribution in [0.25, 0.3) is 22.6 Å². The number of nitrogens with two attached hydrogens (primary N) is 1. The largest absolute Gasteiger partial charge is 0.464 e. The smallest absolute Gasteiger partial charge is 0.359 e. The number of benzene rings is 1. The van der Waals surface area contributed by atoms with Crippen molar-refractivity contribution in [2.24, 2.45) is 5.73 Å². The first kappa shape index (κ1) is 17.1. The lowest BCUT2D eigenvalue weighted by molar-refractivity contribution is -0.120. The molecule has 0 radical (unpaired) electrons. The highest BCUT2D eigenvalue weighted by Gasteiger charge is 2.61. The SMILES string of the molecule is COC(=O)c1nccc(-c2nc3cc([C@]4(C(N)=O)C[C@@H]4F)ccc3o2)c1F. The van der Waals surface area contributed by atoms with Crippen LogP contribution < -0.4 is 5.73 Å². The third-order valence-electron chi connectivity index (χ3n) is 4.72. The van der Waals surface area contributed by atoms with Gasteiger partial charge in [0.1, 0.15) is 17.1 Å². The van der Waals surface area contributed by atoms with Gasteiger partial charge in [0, 0.05) is 12.6 Å². The molecule has 1 aromatic carbocycles.